The van der Waals surface area contributed by atoms with Crippen LogP contribution in [-0.4, -0.2) is 23.4 Å². The van der Waals surface area contributed by atoms with E-state index in [0.717, 1.165) is 35.0 Å². The summed E-state index contributed by atoms with van der Waals surface area (Å²) in [6, 6.07) is 15.4. The molecule has 2 heterocycles. The van der Waals surface area contributed by atoms with Crippen LogP contribution in [0.4, 0.5) is 0 Å². The molecule has 0 bridgehead atoms. The summed E-state index contributed by atoms with van der Waals surface area (Å²) in [7, 11) is 0. The third kappa shape index (κ3) is 2.64. The molecule has 3 aromatic rings. The van der Waals surface area contributed by atoms with E-state index in [0.29, 0.717) is 6.42 Å². The molecule has 24 heavy (non-hydrogen) atoms. The SMILES string of the molecule is N[C@@H](Cc1c[nH]c2ccccc12)C(=O)C1NCCc2ccccc21. The highest BCUT2D eigenvalue weighted by molar-refractivity contribution is 5.91. The number of fused-ring (bicyclic) bond motifs is 2. The summed E-state index contributed by atoms with van der Waals surface area (Å²) >= 11 is 0. The smallest absolute Gasteiger partial charge is 0.171 e. The summed E-state index contributed by atoms with van der Waals surface area (Å²) in [5, 5.41) is 4.47. The highest BCUT2D eigenvalue weighted by Gasteiger charge is 2.29. The van der Waals surface area contributed by atoms with Crippen molar-refractivity contribution in [1.82, 2.24) is 10.3 Å². The van der Waals surface area contributed by atoms with Crippen molar-refractivity contribution in [3.8, 4) is 0 Å². The first-order chi connectivity index (χ1) is 11.7. The van der Waals surface area contributed by atoms with Crippen LogP contribution < -0.4 is 11.1 Å². The minimum Gasteiger partial charge on any atom is -0.361 e. The minimum absolute atomic E-state index is 0.0624. The van der Waals surface area contributed by atoms with Crippen molar-refractivity contribution in [3.63, 3.8) is 0 Å². The lowest BCUT2D eigenvalue weighted by atomic mass is 9.88. The van der Waals surface area contributed by atoms with Gasteiger partial charge in [0.15, 0.2) is 5.78 Å². The molecule has 4 nitrogen and oxygen atoms in total. The molecule has 1 aliphatic rings. The van der Waals surface area contributed by atoms with E-state index < -0.39 is 6.04 Å². The Kier molecular flexibility index (Phi) is 3.92. The van der Waals surface area contributed by atoms with Crippen LogP contribution in [0.1, 0.15) is 22.7 Å². The Balaban J connectivity index is 1.57. The lowest BCUT2D eigenvalue weighted by Crippen LogP contribution is -2.44. The van der Waals surface area contributed by atoms with Gasteiger partial charge < -0.3 is 16.0 Å². The molecule has 0 amide bonds. The second kappa shape index (κ2) is 6.23. The van der Waals surface area contributed by atoms with Gasteiger partial charge in [-0.05, 0) is 35.6 Å². The zero-order valence-corrected chi connectivity index (χ0v) is 13.5. The summed E-state index contributed by atoms with van der Waals surface area (Å²) in [6.07, 6.45) is 3.46. The number of aromatic amines is 1. The van der Waals surface area contributed by atoms with E-state index in [1.165, 1.54) is 5.56 Å². The molecule has 0 aliphatic carbocycles. The average molecular weight is 319 g/mol. The van der Waals surface area contributed by atoms with E-state index in [2.05, 4.69) is 22.4 Å². The van der Waals surface area contributed by atoms with Crippen molar-refractivity contribution >= 4 is 16.7 Å². The van der Waals surface area contributed by atoms with Crippen molar-refractivity contribution < 1.29 is 4.79 Å². The normalized spacial score (nSPS) is 18.3. The Bertz CT molecular complexity index is 883. The van der Waals surface area contributed by atoms with Crippen LogP contribution >= 0.6 is 0 Å². The highest BCUT2D eigenvalue weighted by Crippen LogP contribution is 2.25. The van der Waals surface area contributed by atoms with Gasteiger partial charge in [0.25, 0.3) is 0 Å². The molecule has 4 rings (SSSR count). The molecule has 2 atom stereocenters. The van der Waals surface area contributed by atoms with Crippen LogP contribution in [0, 0.1) is 0 Å². The fourth-order valence-corrected chi connectivity index (χ4v) is 3.61. The molecular weight excluding hydrogens is 298 g/mol. The molecule has 0 spiro atoms. The molecule has 0 radical (unpaired) electrons. The fourth-order valence-electron chi connectivity index (χ4n) is 3.61. The van der Waals surface area contributed by atoms with Crippen molar-refractivity contribution in [2.45, 2.75) is 24.9 Å². The van der Waals surface area contributed by atoms with Gasteiger partial charge in [-0.25, -0.2) is 0 Å². The van der Waals surface area contributed by atoms with E-state index in [1.807, 2.05) is 42.6 Å². The summed E-state index contributed by atoms with van der Waals surface area (Å²) in [4.78, 5) is 16.2. The molecule has 0 fully saturated rings. The van der Waals surface area contributed by atoms with Gasteiger partial charge in [-0.15, -0.1) is 0 Å². The number of aromatic nitrogens is 1. The Hall–Kier alpha value is -2.43. The fraction of sp³-hybridized carbons (Fsp3) is 0.250. The predicted molar refractivity (Wildman–Crippen MR) is 95.9 cm³/mol. The minimum atomic E-state index is -0.520. The van der Waals surface area contributed by atoms with Gasteiger partial charge in [0.2, 0.25) is 0 Å². The molecule has 1 unspecified atom stereocenters. The summed E-state index contributed by atoms with van der Waals surface area (Å²) < 4.78 is 0. The van der Waals surface area contributed by atoms with E-state index in [-0.39, 0.29) is 11.8 Å². The van der Waals surface area contributed by atoms with Gasteiger partial charge in [0, 0.05) is 23.6 Å². The number of ketones is 1. The molecule has 1 aromatic heterocycles. The van der Waals surface area contributed by atoms with Crippen LogP contribution in [0.25, 0.3) is 10.9 Å². The number of rotatable bonds is 4. The van der Waals surface area contributed by atoms with E-state index in [4.69, 9.17) is 5.73 Å². The third-order valence-corrected chi connectivity index (χ3v) is 4.87. The number of hydrogen-bond acceptors (Lipinski definition) is 3. The van der Waals surface area contributed by atoms with Gasteiger partial charge in [0.1, 0.15) is 0 Å². The number of Topliss-reactive ketones (excluding diaryl/α,β-unsaturated/α-hetero) is 1. The van der Waals surface area contributed by atoms with Crippen molar-refractivity contribution in [1.29, 1.82) is 0 Å². The quantitative estimate of drug-likeness (QED) is 0.692. The Morgan fingerprint density at radius 2 is 1.96 bits per heavy atom. The van der Waals surface area contributed by atoms with Crippen molar-refractivity contribution in [2.24, 2.45) is 5.73 Å². The van der Waals surface area contributed by atoms with Crippen LogP contribution in [0.2, 0.25) is 0 Å². The molecule has 1 aliphatic heterocycles. The second-order valence-corrected chi connectivity index (χ2v) is 6.41. The van der Waals surface area contributed by atoms with Gasteiger partial charge in [0.05, 0.1) is 12.1 Å². The predicted octanol–water partition coefficient (Wildman–Crippen LogP) is 2.49. The van der Waals surface area contributed by atoms with Crippen LogP contribution in [0.15, 0.2) is 54.7 Å². The summed E-state index contributed by atoms with van der Waals surface area (Å²) in [5.41, 5.74) is 10.8. The number of hydrogen-bond donors (Lipinski definition) is 3. The number of nitrogens with one attached hydrogen (secondary N) is 2. The van der Waals surface area contributed by atoms with Gasteiger partial charge >= 0.3 is 0 Å². The Morgan fingerprint density at radius 1 is 1.17 bits per heavy atom. The summed E-state index contributed by atoms with van der Waals surface area (Å²) in [5.74, 6) is 0.0624. The number of H-pyrrole nitrogens is 1. The number of carbonyl (C=O) groups is 1. The standard InChI is InChI=1S/C20H21N3O/c21-17(11-14-12-23-18-8-4-3-6-15(14)18)20(24)19-16-7-2-1-5-13(16)9-10-22-19/h1-8,12,17,19,22-23H,9-11,21H2/t17-,19?/m0/s1. The van der Waals surface area contributed by atoms with E-state index in [1.54, 1.807) is 0 Å². The number of benzene rings is 2. The zero-order valence-electron chi connectivity index (χ0n) is 13.5. The average Bonchev–Trinajstić information content (AvgIpc) is 3.03. The molecule has 0 saturated carbocycles. The molecule has 0 saturated heterocycles. The first-order valence-corrected chi connectivity index (χ1v) is 8.39. The second-order valence-electron chi connectivity index (χ2n) is 6.41. The van der Waals surface area contributed by atoms with E-state index >= 15 is 0 Å². The molecule has 122 valence electrons. The van der Waals surface area contributed by atoms with Gasteiger partial charge in [-0.2, -0.15) is 0 Å². The summed E-state index contributed by atoms with van der Waals surface area (Å²) in [6.45, 7) is 0.813. The maximum Gasteiger partial charge on any atom is 0.171 e. The van der Waals surface area contributed by atoms with E-state index in [9.17, 15) is 4.79 Å². The van der Waals surface area contributed by atoms with Gasteiger partial charge in [-0.1, -0.05) is 42.5 Å². The number of para-hydroxylation sites is 1. The Morgan fingerprint density at radius 3 is 2.88 bits per heavy atom. The third-order valence-electron chi connectivity index (χ3n) is 4.87. The number of carbonyl (C=O) groups excluding carboxylic acids is 1. The molecule has 4 heteroatoms. The zero-order chi connectivity index (χ0) is 16.5. The highest BCUT2D eigenvalue weighted by atomic mass is 16.1. The molecule has 2 aromatic carbocycles. The van der Waals surface area contributed by atoms with Crippen molar-refractivity contribution in [3.05, 3.63) is 71.4 Å². The van der Waals surface area contributed by atoms with Crippen LogP contribution in [0.5, 0.6) is 0 Å². The lowest BCUT2D eigenvalue weighted by Gasteiger charge is -2.27. The first-order valence-electron chi connectivity index (χ1n) is 8.39. The van der Waals surface area contributed by atoms with Crippen LogP contribution in [-0.2, 0) is 17.6 Å². The lowest BCUT2D eigenvalue weighted by molar-refractivity contribution is -0.122. The maximum atomic E-state index is 12.9. The molecule has 4 N–H and O–H groups in total. The largest absolute Gasteiger partial charge is 0.361 e. The monoisotopic (exact) mass is 319 g/mol. The topological polar surface area (TPSA) is 70.9 Å². The van der Waals surface area contributed by atoms with Crippen LogP contribution in [0.3, 0.4) is 0 Å². The van der Waals surface area contributed by atoms with Gasteiger partial charge in [-0.3, -0.25) is 4.79 Å². The number of nitrogens with two attached hydrogens (primary N) is 1. The molecular formula is C20H21N3O. The Labute approximate surface area is 141 Å². The van der Waals surface area contributed by atoms with Crippen molar-refractivity contribution in [2.75, 3.05) is 6.54 Å². The maximum absolute atomic E-state index is 12.9. The first kappa shape index (κ1) is 15.1.